The molecule has 0 bridgehead atoms. The quantitative estimate of drug-likeness (QED) is 0.672. The molecule has 0 aromatic heterocycles. The topological polar surface area (TPSA) is 18.5 Å². The number of hydrogen-bond donors (Lipinski definition) is 0. The van der Waals surface area contributed by atoms with Gasteiger partial charge in [0.1, 0.15) is 7.85 Å². The van der Waals surface area contributed by atoms with Gasteiger partial charge in [0.15, 0.2) is 11.5 Å². The minimum Gasteiger partial charge on any atom is -0.493 e. The molecule has 0 unspecified atom stereocenters. The van der Waals surface area contributed by atoms with Gasteiger partial charge in [-0.15, -0.1) is 6.58 Å². The van der Waals surface area contributed by atoms with E-state index >= 15 is 0 Å². The van der Waals surface area contributed by atoms with E-state index in [1.54, 1.807) is 7.11 Å². The summed E-state index contributed by atoms with van der Waals surface area (Å²) in [6.07, 6.45) is 0. The molecule has 14 heavy (non-hydrogen) atoms. The maximum atomic E-state index is 5.45. The molecular formula is C11H15BO2. The fourth-order valence-corrected chi connectivity index (χ4v) is 1.21. The summed E-state index contributed by atoms with van der Waals surface area (Å²) in [5.41, 5.74) is 2.10. The van der Waals surface area contributed by atoms with Crippen molar-refractivity contribution in [2.75, 3.05) is 13.7 Å². The first-order valence-corrected chi connectivity index (χ1v) is 4.65. The molecule has 0 saturated heterocycles. The van der Waals surface area contributed by atoms with Crippen LogP contribution in [0.25, 0.3) is 5.47 Å². The monoisotopic (exact) mass is 190 g/mol. The van der Waals surface area contributed by atoms with E-state index in [1.165, 1.54) is 0 Å². The lowest BCUT2D eigenvalue weighted by atomic mass is 9.90. The number of hydrogen-bond acceptors (Lipinski definition) is 2. The maximum Gasteiger partial charge on any atom is 0.161 e. The van der Waals surface area contributed by atoms with Crippen molar-refractivity contribution >= 4 is 13.3 Å². The Balaban J connectivity index is 3.07. The Morgan fingerprint density at radius 1 is 1.43 bits per heavy atom. The summed E-state index contributed by atoms with van der Waals surface area (Å²) in [5.74, 6) is 1.53. The standard InChI is InChI=1S/C11H15BO2/c1-4-14-11-7-9(8(2)12)5-6-10(11)13-3/h5-7H,2,4,12H2,1,3H3. The van der Waals surface area contributed by atoms with E-state index < -0.39 is 0 Å². The number of rotatable bonds is 4. The van der Waals surface area contributed by atoms with Crippen molar-refractivity contribution in [1.29, 1.82) is 0 Å². The maximum absolute atomic E-state index is 5.45. The lowest BCUT2D eigenvalue weighted by molar-refractivity contribution is 0.311. The molecular weight excluding hydrogens is 175 g/mol. The highest BCUT2D eigenvalue weighted by atomic mass is 16.5. The second-order valence-electron chi connectivity index (χ2n) is 3.08. The number of ether oxygens (including phenoxy) is 2. The van der Waals surface area contributed by atoms with Crippen LogP contribution in [0.3, 0.4) is 0 Å². The molecule has 1 aromatic rings. The van der Waals surface area contributed by atoms with Gasteiger partial charge in [-0.05, 0) is 24.6 Å². The van der Waals surface area contributed by atoms with Crippen LogP contribution >= 0.6 is 0 Å². The van der Waals surface area contributed by atoms with Crippen molar-refractivity contribution in [1.82, 2.24) is 0 Å². The van der Waals surface area contributed by atoms with E-state index in [0.29, 0.717) is 6.61 Å². The number of benzene rings is 1. The molecule has 0 aliphatic heterocycles. The van der Waals surface area contributed by atoms with Gasteiger partial charge < -0.3 is 9.47 Å². The lowest BCUT2D eigenvalue weighted by Crippen LogP contribution is -1.96. The highest BCUT2D eigenvalue weighted by Gasteiger charge is 2.04. The first kappa shape index (κ1) is 10.7. The van der Waals surface area contributed by atoms with E-state index in [0.717, 1.165) is 22.5 Å². The van der Waals surface area contributed by atoms with Crippen molar-refractivity contribution < 1.29 is 9.47 Å². The van der Waals surface area contributed by atoms with Crippen molar-refractivity contribution in [2.24, 2.45) is 0 Å². The first-order valence-electron chi connectivity index (χ1n) is 4.65. The zero-order valence-corrected chi connectivity index (χ0v) is 8.96. The molecule has 0 aliphatic carbocycles. The van der Waals surface area contributed by atoms with E-state index in [4.69, 9.17) is 9.47 Å². The van der Waals surface area contributed by atoms with Gasteiger partial charge >= 0.3 is 0 Å². The average molecular weight is 190 g/mol. The Kier molecular flexibility index (Phi) is 3.63. The Morgan fingerprint density at radius 3 is 2.64 bits per heavy atom. The van der Waals surface area contributed by atoms with Crippen molar-refractivity contribution in [3.05, 3.63) is 30.3 Å². The number of methoxy groups -OCH3 is 1. The molecule has 74 valence electrons. The van der Waals surface area contributed by atoms with Crippen molar-refractivity contribution in [2.45, 2.75) is 6.92 Å². The van der Waals surface area contributed by atoms with Crippen LogP contribution in [0.2, 0.25) is 0 Å². The van der Waals surface area contributed by atoms with Crippen LogP contribution in [0, 0.1) is 0 Å². The van der Waals surface area contributed by atoms with Gasteiger partial charge in [-0.1, -0.05) is 11.5 Å². The molecule has 3 heteroatoms. The third-order valence-electron chi connectivity index (χ3n) is 1.96. The summed E-state index contributed by atoms with van der Waals surface area (Å²) in [7, 11) is 3.61. The Bertz CT molecular complexity index is 334. The SMILES string of the molecule is BC(=C)c1ccc(OC)c(OCC)c1. The van der Waals surface area contributed by atoms with E-state index in [1.807, 2.05) is 33.0 Å². The Labute approximate surface area is 85.9 Å². The highest BCUT2D eigenvalue weighted by molar-refractivity contribution is 6.41. The summed E-state index contributed by atoms with van der Waals surface area (Å²) in [4.78, 5) is 0. The average Bonchev–Trinajstić information content (AvgIpc) is 2.18. The minimum absolute atomic E-state index is 0.635. The molecule has 0 spiro atoms. The molecule has 0 heterocycles. The van der Waals surface area contributed by atoms with Crippen LogP contribution < -0.4 is 9.47 Å². The third kappa shape index (κ3) is 2.31. The third-order valence-corrected chi connectivity index (χ3v) is 1.96. The van der Waals surface area contributed by atoms with Gasteiger partial charge in [0.25, 0.3) is 0 Å². The summed E-state index contributed by atoms with van der Waals surface area (Å²) >= 11 is 0. The highest BCUT2D eigenvalue weighted by Crippen LogP contribution is 2.29. The van der Waals surface area contributed by atoms with Gasteiger partial charge in [-0.25, -0.2) is 0 Å². The minimum atomic E-state index is 0.635. The van der Waals surface area contributed by atoms with Gasteiger partial charge in [0.2, 0.25) is 0 Å². The molecule has 0 amide bonds. The summed E-state index contributed by atoms with van der Waals surface area (Å²) in [5, 5.41) is 0. The van der Waals surface area contributed by atoms with E-state index in [-0.39, 0.29) is 0 Å². The summed E-state index contributed by atoms with van der Waals surface area (Å²) < 4.78 is 10.6. The molecule has 0 N–H and O–H groups in total. The van der Waals surface area contributed by atoms with Gasteiger partial charge in [-0.3, -0.25) is 0 Å². The fraction of sp³-hybridized carbons (Fsp3) is 0.273. The van der Waals surface area contributed by atoms with Crippen LogP contribution in [0.15, 0.2) is 24.8 Å². The van der Waals surface area contributed by atoms with Crippen LogP contribution in [0.4, 0.5) is 0 Å². The van der Waals surface area contributed by atoms with Gasteiger partial charge in [-0.2, -0.15) is 0 Å². The predicted molar refractivity (Wildman–Crippen MR) is 61.7 cm³/mol. The molecule has 0 radical (unpaired) electrons. The second kappa shape index (κ2) is 4.75. The van der Waals surface area contributed by atoms with E-state index in [2.05, 4.69) is 6.58 Å². The zero-order valence-electron chi connectivity index (χ0n) is 8.96. The summed E-state index contributed by atoms with van der Waals surface area (Å²) in [6, 6.07) is 5.82. The lowest BCUT2D eigenvalue weighted by Gasteiger charge is -2.10. The largest absolute Gasteiger partial charge is 0.493 e. The Morgan fingerprint density at radius 2 is 2.14 bits per heavy atom. The van der Waals surface area contributed by atoms with Crippen molar-refractivity contribution in [3.8, 4) is 11.5 Å². The fourth-order valence-electron chi connectivity index (χ4n) is 1.21. The van der Waals surface area contributed by atoms with Crippen molar-refractivity contribution in [3.63, 3.8) is 0 Å². The van der Waals surface area contributed by atoms with E-state index in [9.17, 15) is 0 Å². The molecule has 2 nitrogen and oxygen atoms in total. The first-order chi connectivity index (χ1) is 6.69. The predicted octanol–water partition coefficient (Wildman–Crippen LogP) is 1.70. The van der Waals surface area contributed by atoms with Crippen LogP contribution in [0.1, 0.15) is 12.5 Å². The Hall–Kier alpha value is -1.38. The smallest absolute Gasteiger partial charge is 0.161 e. The molecule has 0 atom stereocenters. The second-order valence-corrected chi connectivity index (χ2v) is 3.08. The molecule has 1 aromatic carbocycles. The summed E-state index contributed by atoms with van der Waals surface area (Å²) in [6.45, 7) is 6.47. The van der Waals surface area contributed by atoms with Crippen LogP contribution in [0.5, 0.6) is 11.5 Å². The van der Waals surface area contributed by atoms with Gasteiger partial charge in [0.05, 0.1) is 13.7 Å². The molecule has 0 saturated carbocycles. The molecule has 0 fully saturated rings. The van der Waals surface area contributed by atoms with Gasteiger partial charge in [0, 0.05) is 0 Å². The molecule has 1 rings (SSSR count). The van der Waals surface area contributed by atoms with Crippen LogP contribution in [-0.2, 0) is 0 Å². The zero-order chi connectivity index (χ0) is 10.6. The van der Waals surface area contributed by atoms with Crippen LogP contribution in [-0.4, -0.2) is 21.6 Å². The molecule has 0 aliphatic rings. The normalized spacial score (nSPS) is 9.57.